The van der Waals surface area contributed by atoms with Crippen molar-refractivity contribution in [2.24, 2.45) is 4.99 Å². The minimum absolute atomic E-state index is 0.0470. The van der Waals surface area contributed by atoms with E-state index in [9.17, 15) is 4.79 Å². The van der Waals surface area contributed by atoms with Crippen LogP contribution in [0.15, 0.2) is 51.9 Å². The fourth-order valence-electron chi connectivity index (χ4n) is 2.58. The molecule has 0 spiro atoms. The highest BCUT2D eigenvalue weighted by atomic mass is 79.9. The summed E-state index contributed by atoms with van der Waals surface area (Å²) in [5, 5.41) is 9.33. The Balaban J connectivity index is 1.88. The van der Waals surface area contributed by atoms with Gasteiger partial charge in [-0.2, -0.15) is 0 Å². The third-order valence-corrected chi connectivity index (χ3v) is 4.56. The molecule has 2 aromatic rings. The first kappa shape index (κ1) is 21.8. The van der Waals surface area contributed by atoms with Gasteiger partial charge in [-0.05, 0) is 37.6 Å². The average Bonchev–Trinajstić information content (AvgIpc) is 2.69. The number of para-hydroxylation sites is 1. The van der Waals surface area contributed by atoms with Crippen molar-refractivity contribution in [3.8, 4) is 5.75 Å². The Hall–Kier alpha value is -2.54. The van der Waals surface area contributed by atoms with Crippen molar-refractivity contribution < 1.29 is 9.53 Å². The number of hydrogen-bond acceptors (Lipinski definition) is 3. The highest BCUT2D eigenvalue weighted by Crippen LogP contribution is 2.20. The first-order chi connectivity index (χ1) is 13.5. The van der Waals surface area contributed by atoms with E-state index >= 15 is 0 Å². The minimum Gasteiger partial charge on any atom is -0.496 e. The summed E-state index contributed by atoms with van der Waals surface area (Å²) < 4.78 is 6.29. The number of amides is 1. The zero-order chi connectivity index (χ0) is 20.4. The number of guanidine groups is 1. The molecule has 1 amide bonds. The molecule has 7 heteroatoms. The maximum Gasteiger partial charge on any atom is 0.226 e. The van der Waals surface area contributed by atoms with Crippen LogP contribution in [0.25, 0.3) is 0 Å². The molecule has 6 nitrogen and oxygen atoms in total. The number of rotatable bonds is 8. The van der Waals surface area contributed by atoms with Gasteiger partial charge in [-0.1, -0.05) is 40.2 Å². The van der Waals surface area contributed by atoms with E-state index in [2.05, 4.69) is 36.9 Å². The molecule has 0 unspecified atom stereocenters. The average molecular weight is 447 g/mol. The zero-order valence-electron chi connectivity index (χ0n) is 16.5. The topological polar surface area (TPSA) is 74.8 Å². The fraction of sp³-hybridized carbons (Fsp3) is 0.333. The number of benzene rings is 2. The highest BCUT2D eigenvalue weighted by Gasteiger charge is 2.07. The summed E-state index contributed by atoms with van der Waals surface area (Å²) in [5.41, 5.74) is 2.84. The Labute approximate surface area is 174 Å². The van der Waals surface area contributed by atoms with Crippen molar-refractivity contribution in [2.45, 2.75) is 26.8 Å². The second-order valence-electron chi connectivity index (χ2n) is 6.19. The van der Waals surface area contributed by atoms with Crippen LogP contribution >= 0.6 is 15.9 Å². The van der Waals surface area contributed by atoms with Crippen LogP contribution in [0.4, 0.5) is 5.69 Å². The number of ether oxygens (including phenoxy) is 1. The molecule has 0 aliphatic heterocycles. The van der Waals surface area contributed by atoms with Crippen LogP contribution < -0.4 is 20.7 Å². The molecule has 2 rings (SSSR count). The normalized spacial score (nSPS) is 11.1. The second-order valence-corrected chi connectivity index (χ2v) is 7.11. The SMILES string of the molecule is CCNC(=NCc1ccccc1OC)NCCC(=O)Nc1cc(Br)ccc1C. The van der Waals surface area contributed by atoms with E-state index in [1.165, 1.54) is 0 Å². The lowest BCUT2D eigenvalue weighted by atomic mass is 10.2. The fourth-order valence-corrected chi connectivity index (χ4v) is 2.94. The highest BCUT2D eigenvalue weighted by molar-refractivity contribution is 9.10. The lowest BCUT2D eigenvalue weighted by Crippen LogP contribution is -2.38. The minimum atomic E-state index is -0.0470. The van der Waals surface area contributed by atoms with Gasteiger partial charge >= 0.3 is 0 Å². The molecule has 28 heavy (non-hydrogen) atoms. The van der Waals surface area contributed by atoms with E-state index in [1.54, 1.807) is 7.11 Å². The predicted octanol–water partition coefficient (Wildman–Crippen LogP) is 3.85. The summed E-state index contributed by atoms with van der Waals surface area (Å²) in [7, 11) is 1.65. The monoisotopic (exact) mass is 446 g/mol. The van der Waals surface area contributed by atoms with Gasteiger partial charge in [0.1, 0.15) is 5.75 Å². The van der Waals surface area contributed by atoms with Crippen LogP contribution in [-0.4, -0.2) is 32.1 Å². The third kappa shape index (κ3) is 6.88. The Bertz CT molecular complexity index is 824. The summed E-state index contributed by atoms with van der Waals surface area (Å²) in [6, 6.07) is 13.6. The number of carbonyl (C=O) groups excluding carboxylic acids is 1. The van der Waals surface area contributed by atoms with Gasteiger partial charge in [0.2, 0.25) is 5.91 Å². The number of methoxy groups -OCH3 is 1. The molecule has 0 saturated heterocycles. The molecule has 0 fully saturated rings. The molecule has 0 bridgehead atoms. The summed E-state index contributed by atoms with van der Waals surface area (Å²) >= 11 is 3.43. The number of anilines is 1. The molecule has 0 aliphatic rings. The molecule has 2 aromatic carbocycles. The van der Waals surface area contributed by atoms with Crippen molar-refractivity contribution in [2.75, 3.05) is 25.5 Å². The van der Waals surface area contributed by atoms with Gasteiger partial charge in [0.05, 0.1) is 13.7 Å². The number of aliphatic imine (C=N–C) groups is 1. The van der Waals surface area contributed by atoms with Gasteiger partial charge in [0.15, 0.2) is 5.96 Å². The Morgan fingerprint density at radius 1 is 1.18 bits per heavy atom. The Kier molecular flexibility index (Phi) is 8.81. The largest absolute Gasteiger partial charge is 0.496 e. The molecule has 0 atom stereocenters. The summed E-state index contributed by atoms with van der Waals surface area (Å²) in [6.07, 6.45) is 0.338. The number of nitrogens with zero attached hydrogens (tertiary/aromatic N) is 1. The quantitative estimate of drug-likeness (QED) is 0.425. The van der Waals surface area contributed by atoms with Crippen molar-refractivity contribution >= 4 is 33.5 Å². The van der Waals surface area contributed by atoms with Crippen LogP contribution in [-0.2, 0) is 11.3 Å². The van der Waals surface area contributed by atoms with Gasteiger partial charge in [-0.3, -0.25) is 4.79 Å². The zero-order valence-corrected chi connectivity index (χ0v) is 18.1. The van der Waals surface area contributed by atoms with E-state index in [0.29, 0.717) is 25.5 Å². The number of hydrogen-bond donors (Lipinski definition) is 3. The maximum absolute atomic E-state index is 12.2. The van der Waals surface area contributed by atoms with Gasteiger partial charge in [0.25, 0.3) is 0 Å². The molecule has 0 heterocycles. The second kappa shape index (κ2) is 11.3. The Morgan fingerprint density at radius 3 is 2.71 bits per heavy atom. The van der Waals surface area contributed by atoms with Crippen LogP contribution in [0.2, 0.25) is 0 Å². The molecule has 0 radical (unpaired) electrons. The third-order valence-electron chi connectivity index (χ3n) is 4.06. The van der Waals surface area contributed by atoms with E-state index in [4.69, 9.17) is 4.74 Å². The summed E-state index contributed by atoms with van der Waals surface area (Å²) in [4.78, 5) is 16.8. The number of nitrogens with one attached hydrogen (secondary N) is 3. The molecule has 0 aromatic heterocycles. The van der Waals surface area contributed by atoms with E-state index in [0.717, 1.165) is 33.6 Å². The number of halogens is 1. The first-order valence-electron chi connectivity index (χ1n) is 9.23. The summed E-state index contributed by atoms with van der Waals surface area (Å²) in [6.45, 7) is 5.68. The molecule has 150 valence electrons. The smallest absolute Gasteiger partial charge is 0.226 e. The Morgan fingerprint density at radius 2 is 1.96 bits per heavy atom. The number of carbonyl (C=O) groups is 1. The number of aryl methyl sites for hydroxylation is 1. The van der Waals surface area contributed by atoms with Gasteiger partial charge in [-0.25, -0.2) is 4.99 Å². The van der Waals surface area contributed by atoms with Crippen molar-refractivity contribution in [1.29, 1.82) is 0 Å². The molecular weight excluding hydrogens is 420 g/mol. The van der Waals surface area contributed by atoms with Gasteiger partial charge in [-0.15, -0.1) is 0 Å². The summed E-state index contributed by atoms with van der Waals surface area (Å²) in [5.74, 6) is 1.43. The van der Waals surface area contributed by atoms with Crippen LogP contribution in [0.5, 0.6) is 5.75 Å². The van der Waals surface area contributed by atoms with Crippen molar-refractivity contribution in [3.63, 3.8) is 0 Å². The van der Waals surface area contributed by atoms with Crippen LogP contribution in [0.3, 0.4) is 0 Å². The molecular formula is C21H27BrN4O2. The standard InChI is InChI=1S/C21H27BrN4O2/c1-4-23-21(25-14-16-7-5-6-8-19(16)28-3)24-12-11-20(27)26-18-13-17(22)10-9-15(18)2/h5-10,13H,4,11-12,14H2,1-3H3,(H,26,27)(H2,23,24,25). The predicted molar refractivity (Wildman–Crippen MR) is 118 cm³/mol. The van der Waals surface area contributed by atoms with Gasteiger partial charge in [0, 0.05) is 35.2 Å². The maximum atomic E-state index is 12.2. The van der Waals surface area contributed by atoms with E-state index in [-0.39, 0.29) is 5.91 Å². The molecule has 0 saturated carbocycles. The van der Waals surface area contributed by atoms with Crippen LogP contribution in [0, 0.1) is 6.92 Å². The van der Waals surface area contributed by atoms with E-state index in [1.807, 2.05) is 56.3 Å². The lowest BCUT2D eigenvalue weighted by Gasteiger charge is -2.13. The molecule has 3 N–H and O–H groups in total. The van der Waals surface area contributed by atoms with Crippen molar-refractivity contribution in [3.05, 3.63) is 58.1 Å². The molecule has 0 aliphatic carbocycles. The lowest BCUT2D eigenvalue weighted by molar-refractivity contribution is -0.116. The van der Waals surface area contributed by atoms with Gasteiger partial charge < -0.3 is 20.7 Å². The van der Waals surface area contributed by atoms with Crippen LogP contribution in [0.1, 0.15) is 24.5 Å². The van der Waals surface area contributed by atoms with Crippen molar-refractivity contribution in [1.82, 2.24) is 10.6 Å². The van der Waals surface area contributed by atoms with E-state index < -0.39 is 0 Å². The first-order valence-corrected chi connectivity index (χ1v) is 10.0.